The molecular formula is C17H22FN3O2S. The molecule has 1 saturated heterocycles. The minimum atomic E-state index is -3.88. The van der Waals surface area contributed by atoms with Gasteiger partial charge in [0.15, 0.2) is 0 Å². The van der Waals surface area contributed by atoms with Crippen molar-refractivity contribution in [3.05, 3.63) is 54.1 Å². The number of likely N-dealkylation sites (tertiary alicyclic amines) is 1. The Hall–Kier alpha value is -1.70. The molecule has 24 heavy (non-hydrogen) atoms. The quantitative estimate of drug-likeness (QED) is 0.869. The lowest BCUT2D eigenvalue weighted by Crippen LogP contribution is -2.37. The van der Waals surface area contributed by atoms with E-state index in [9.17, 15) is 12.8 Å². The van der Waals surface area contributed by atoms with Crippen molar-refractivity contribution < 1.29 is 12.8 Å². The van der Waals surface area contributed by atoms with Gasteiger partial charge in [-0.05, 0) is 50.2 Å². The topological polar surface area (TPSA) is 54.3 Å². The van der Waals surface area contributed by atoms with Crippen LogP contribution in [-0.4, -0.2) is 37.5 Å². The maximum Gasteiger partial charge on any atom is 0.243 e. The van der Waals surface area contributed by atoms with Gasteiger partial charge in [0.2, 0.25) is 10.0 Å². The molecule has 5 nitrogen and oxygen atoms in total. The number of nitrogens with one attached hydrogen (secondary N) is 1. The molecule has 2 heterocycles. The zero-order valence-corrected chi connectivity index (χ0v) is 14.5. The molecule has 0 radical (unpaired) electrons. The highest BCUT2D eigenvalue weighted by Crippen LogP contribution is 2.25. The van der Waals surface area contributed by atoms with Crippen molar-refractivity contribution in [2.45, 2.75) is 23.8 Å². The van der Waals surface area contributed by atoms with Gasteiger partial charge in [-0.25, -0.2) is 17.5 Å². The minimum Gasteiger partial charge on any atom is -0.353 e. The molecule has 1 aromatic carbocycles. The van der Waals surface area contributed by atoms with Gasteiger partial charge in [-0.1, -0.05) is 12.1 Å². The number of aromatic nitrogens is 1. The van der Waals surface area contributed by atoms with Crippen molar-refractivity contribution in [3.63, 3.8) is 0 Å². The Kier molecular flexibility index (Phi) is 5.03. The normalized spacial score (nSPS) is 17.2. The van der Waals surface area contributed by atoms with E-state index in [-0.39, 0.29) is 17.5 Å². The van der Waals surface area contributed by atoms with Gasteiger partial charge in [0.25, 0.3) is 0 Å². The number of hydrogen-bond acceptors (Lipinski definition) is 3. The van der Waals surface area contributed by atoms with E-state index in [1.54, 1.807) is 0 Å². The van der Waals surface area contributed by atoms with Crippen LogP contribution in [0.25, 0.3) is 0 Å². The minimum absolute atomic E-state index is 0.0611. The van der Waals surface area contributed by atoms with E-state index < -0.39 is 15.8 Å². The molecule has 1 aliphatic rings. The van der Waals surface area contributed by atoms with Crippen molar-refractivity contribution in [2.24, 2.45) is 7.05 Å². The van der Waals surface area contributed by atoms with Crippen LogP contribution in [0.2, 0.25) is 0 Å². The molecule has 2 aromatic rings. The van der Waals surface area contributed by atoms with Gasteiger partial charge < -0.3 is 4.57 Å². The first kappa shape index (κ1) is 17.1. The highest BCUT2D eigenvalue weighted by molar-refractivity contribution is 7.89. The van der Waals surface area contributed by atoms with E-state index in [4.69, 9.17) is 0 Å². The van der Waals surface area contributed by atoms with Gasteiger partial charge >= 0.3 is 0 Å². The summed E-state index contributed by atoms with van der Waals surface area (Å²) in [7, 11) is -1.93. The number of aryl methyl sites for hydroxylation is 1. The second-order valence-corrected chi connectivity index (χ2v) is 7.82. The third-order valence-corrected chi connectivity index (χ3v) is 5.96. The Labute approximate surface area is 142 Å². The SMILES string of the molecule is Cn1cccc1[C@@H](CNS(=O)(=O)c1ccccc1F)N1CCCC1. The highest BCUT2D eigenvalue weighted by Gasteiger charge is 2.27. The predicted molar refractivity (Wildman–Crippen MR) is 90.5 cm³/mol. The Morgan fingerprint density at radius 2 is 1.88 bits per heavy atom. The summed E-state index contributed by atoms with van der Waals surface area (Å²) in [6.45, 7) is 2.10. The summed E-state index contributed by atoms with van der Waals surface area (Å²) in [6.07, 6.45) is 4.17. The van der Waals surface area contributed by atoms with Crippen molar-refractivity contribution in [1.29, 1.82) is 0 Å². The number of rotatable bonds is 6. The molecule has 0 amide bonds. The number of nitrogens with zero attached hydrogens (tertiary/aromatic N) is 2. The van der Waals surface area contributed by atoms with Crippen molar-refractivity contribution in [1.82, 2.24) is 14.2 Å². The van der Waals surface area contributed by atoms with E-state index in [0.717, 1.165) is 37.7 Å². The first-order chi connectivity index (χ1) is 11.5. The Morgan fingerprint density at radius 1 is 1.17 bits per heavy atom. The van der Waals surface area contributed by atoms with Crippen LogP contribution in [0.1, 0.15) is 24.6 Å². The third kappa shape index (κ3) is 3.53. The van der Waals surface area contributed by atoms with Crippen LogP contribution in [0.4, 0.5) is 4.39 Å². The maximum atomic E-state index is 13.8. The van der Waals surface area contributed by atoms with Crippen LogP contribution in [0, 0.1) is 5.82 Å². The number of halogens is 1. The number of benzene rings is 1. The Bertz CT molecular complexity index is 798. The molecule has 1 N–H and O–H groups in total. The largest absolute Gasteiger partial charge is 0.353 e. The van der Waals surface area contributed by atoms with Crippen molar-refractivity contribution in [3.8, 4) is 0 Å². The molecular weight excluding hydrogens is 329 g/mol. The lowest BCUT2D eigenvalue weighted by molar-refractivity contribution is 0.238. The van der Waals surface area contributed by atoms with Gasteiger partial charge in [0.1, 0.15) is 10.7 Å². The second kappa shape index (κ2) is 7.04. The summed E-state index contributed by atoms with van der Waals surface area (Å²) in [4.78, 5) is 1.97. The average Bonchev–Trinajstić information content (AvgIpc) is 3.21. The van der Waals surface area contributed by atoms with E-state index in [0.29, 0.717) is 0 Å². The van der Waals surface area contributed by atoms with Gasteiger partial charge in [0, 0.05) is 25.5 Å². The third-order valence-electron chi connectivity index (χ3n) is 4.50. The first-order valence-corrected chi connectivity index (χ1v) is 9.57. The summed E-state index contributed by atoms with van der Waals surface area (Å²) in [5, 5.41) is 0. The molecule has 1 aliphatic heterocycles. The van der Waals surface area contributed by atoms with Crippen LogP contribution in [-0.2, 0) is 17.1 Å². The fourth-order valence-electron chi connectivity index (χ4n) is 3.22. The molecule has 0 aliphatic carbocycles. The van der Waals surface area contributed by atoms with Crippen LogP contribution in [0.15, 0.2) is 47.5 Å². The van der Waals surface area contributed by atoms with Crippen LogP contribution in [0.5, 0.6) is 0 Å². The lowest BCUT2D eigenvalue weighted by Gasteiger charge is -2.28. The summed E-state index contributed by atoms with van der Waals surface area (Å²) in [6, 6.07) is 9.32. The van der Waals surface area contributed by atoms with Gasteiger partial charge in [-0.3, -0.25) is 4.90 Å². The molecule has 1 fully saturated rings. The van der Waals surface area contributed by atoms with E-state index >= 15 is 0 Å². The van der Waals surface area contributed by atoms with Crippen LogP contribution < -0.4 is 4.72 Å². The molecule has 0 saturated carbocycles. The highest BCUT2D eigenvalue weighted by atomic mass is 32.2. The second-order valence-electron chi connectivity index (χ2n) is 6.09. The molecule has 0 spiro atoms. The van der Waals surface area contributed by atoms with E-state index in [1.807, 2.05) is 29.9 Å². The number of sulfonamides is 1. The van der Waals surface area contributed by atoms with Crippen LogP contribution in [0.3, 0.4) is 0 Å². The van der Waals surface area contributed by atoms with Gasteiger partial charge in [0.05, 0.1) is 6.04 Å². The predicted octanol–water partition coefficient (Wildman–Crippen LogP) is 2.28. The molecule has 3 rings (SSSR count). The maximum absolute atomic E-state index is 13.8. The molecule has 0 unspecified atom stereocenters. The average molecular weight is 351 g/mol. The summed E-state index contributed by atoms with van der Waals surface area (Å²) < 4.78 is 43.3. The first-order valence-electron chi connectivity index (χ1n) is 8.08. The van der Waals surface area contributed by atoms with E-state index in [2.05, 4.69) is 9.62 Å². The molecule has 1 atom stereocenters. The fourth-order valence-corrected chi connectivity index (χ4v) is 4.34. The zero-order valence-electron chi connectivity index (χ0n) is 13.7. The smallest absolute Gasteiger partial charge is 0.243 e. The van der Waals surface area contributed by atoms with Gasteiger partial charge in [-0.2, -0.15) is 0 Å². The Morgan fingerprint density at radius 3 is 2.50 bits per heavy atom. The zero-order chi connectivity index (χ0) is 17.2. The molecule has 0 bridgehead atoms. The lowest BCUT2D eigenvalue weighted by atomic mass is 10.2. The van der Waals surface area contributed by atoms with E-state index in [1.165, 1.54) is 18.2 Å². The van der Waals surface area contributed by atoms with Crippen molar-refractivity contribution in [2.75, 3.05) is 19.6 Å². The fraction of sp³-hybridized carbons (Fsp3) is 0.412. The summed E-state index contributed by atoms with van der Waals surface area (Å²) in [5.74, 6) is -0.735. The Balaban J connectivity index is 1.81. The molecule has 1 aromatic heterocycles. The molecule has 7 heteroatoms. The summed E-state index contributed by atoms with van der Waals surface area (Å²) >= 11 is 0. The number of hydrogen-bond donors (Lipinski definition) is 1. The monoisotopic (exact) mass is 351 g/mol. The molecule has 130 valence electrons. The van der Waals surface area contributed by atoms with Crippen molar-refractivity contribution >= 4 is 10.0 Å². The van der Waals surface area contributed by atoms with Crippen LogP contribution >= 0.6 is 0 Å². The van der Waals surface area contributed by atoms with Gasteiger partial charge in [-0.15, -0.1) is 0 Å². The standard InChI is InChI=1S/C17H22FN3O2S/c1-20-10-6-8-15(20)16(21-11-4-5-12-21)13-19-24(22,23)17-9-3-2-7-14(17)18/h2-3,6-10,16,19H,4-5,11-13H2,1H3/t16-/m1/s1. The summed E-state index contributed by atoms with van der Waals surface area (Å²) in [5.41, 5.74) is 1.05.